The third-order valence-corrected chi connectivity index (χ3v) is 3.30. The molecule has 1 aliphatic rings. The lowest BCUT2D eigenvalue weighted by atomic mass is 10.1. The van der Waals surface area contributed by atoms with Crippen molar-refractivity contribution in [3.8, 4) is 0 Å². The van der Waals surface area contributed by atoms with Crippen LogP contribution in [0.25, 0.3) is 0 Å². The fraction of sp³-hybridized carbons (Fsp3) is 0.538. The fourth-order valence-electron chi connectivity index (χ4n) is 2.19. The highest BCUT2D eigenvalue weighted by atomic mass is 19.4. The number of carbonyl (C=O) groups is 1. The molecule has 20 heavy (non-hydrogen) atoms. The smallest absolute Gasteiger partial charge is 0.380 e. The van der Waals surface area contributed by atoms with E-state index in [1.165, 1.54) is 0 Å². The molecule has 0 saturated carbocycles. The van der Waals surface area contributed by atoms with Gasteiger partial charge in [0.15, 0.2) is 0 Å². The Hall–Kier alpha value is -1.63. The summed E-state index contributed by atoms with van der Waals surface area (Å²) in [5.41, 5.74) is -0.836. The van der Waals surface area contributed by atoms with Crippen LogP contribution in [-0.2, 0) is 10.9 Å². The second-order valence-corrected chi connectivity index (χ2v) is 4.68. The number of piperidine rings is 1. The molecule has 1 unspecified atom stereocenters. The van der Waals surface area contributed by atoms with Crippen molar-refractivity contribution < 1.29 is 22.7 Å². The molecule has 0 spiro atoms. The Morgan fingerprint density at radius 1 is 1.45 bits per heavy atom. The molecule has 4 nitrogen and oxygen atoms in total. The van der Waals surface area contributed by atoms with E-state index in [-0.39, 0.29) is 17.6 Å². The molecule has 7 heteroatoms. The van der Waals surface area contributed by atoms with E-state index in [0.29, 0.717) is 13.1 Å². The van der Waals surface area contributed by atoms with Gasteiger partial charge in [-0.25, -0.2) is 0 Å². The first kappa shape index (κ1) is 14.8. The van der Waals surface area contributed by atoms with Gasteiger partial charge in [0.05, 0.1) is 11.7 Å². The first-order valence-electron chi connectivity index (χ1n) is 6.27. The number of rotatable bonds is 2. The Bertz CT molecular complexity index is 473. The third-order valence-electron chi connectivity index (χ3n) is 3.30. The van der Waals surface area contributed by atoms with E-state index < -0.39 is 11.9 Å². The van der Waals surface area contributed by atoms with Gasteiger partial charge < -0.3 is 9.64 Å². The average Bonchev–Trinajstić information content (AvgIpc) is 2.46. The van der Waals surface area contributed by atoms with Crippen LogP contribution in [-0.4, -0.2) is 42.1 Å². The van der Waals surface area contributed by atoms with Crippen LogP contribution in [0.15, 0.2) is 18.3 Å². The molecule has 1 amide bonds. The summed E-state index contributed by atoms with van der Waals surface area (Å²) in [4.78, 5) is 17.1. The summed E-state index contributed by atoms with van der Waals surface area (Å²) in [7, 11) is 1.58. The zero-order valence-corrected chi connectivity index (χ0v) is 11.0. The van der Waals surface area contributed by atoms with Gasteiger partial charge in [-0.3, -0.25) is 9.78 Å². The van der Waals surface area contributed by atoms with E-state index in [2.05, 4.69) is 4.98 Å². The van der Waals surface area contributed by atoms with E-state index in [9.17, 15) is 18.0 Å². The van der Waals surface area contributed by atoms with Crippen LogP contribution in [0.5, 0.6) is 0 Å². The highest BCUT2D eigenvalue weighted by Gasteiger charge is 2.32. The molecule has 110 valence electrons. The summed E-state index contributed by atoms with van der Waals surface area (Å²) in [6.07, 6.45) is -1.84. The largest absolute Gasteiger partial charge is 0.433 e. The van der Waals surface area contributed by atoms with Gasteiger partial charge in [0.25, 0.3) is 5.91 Å². The van der Waals surface area contributed by atoms with Crippen molar-refractivity contribution >= 4 is 5.91 Å². The highest BCUT2D eigenvalue weighted by molar-refractivity contribution is 5.94. The molecule has 0 N–H and O–H groups in total. The number of hydrogen-bond acceptors (Lipinski definition) is 3. The summed E-state index contributed by atoms with van der Waals surface area (Å²) >= 11 is 0. The van der Waals surface area contributed by atoms with E-state index in [0.717, 1.165) is 31.2 Å². The van der Waals surface area contributed by atoms with E-state index in [4.69, 9.17) is 4.74 Å². The molecule has 1 aliphatic heterocycles. The Morgan fingerprint density at radius 2 is 2.20 bits per heavy atom. The number of methoxy groups -OCH3 is 1. The molecule has 0 radical (unpaired) electrons. The van der Waals surface area contributed by atoms with Crippen molar-refractivity contribution in [1.29, 1.82) is 0 Å². The predicted octanol–water partition coefficient (Wildman–Crippen LogP) is 2.35. The summed E-state index contributed by atoms with van der Waals surface area (Å²) in [5.74, 6) is -0.312. The van der Waals surface area contributed by atoms with Gasteiger partial charge in [0.2, 0.25) is 0 Å². The standard InChI is InChI=1S/C13H15F3N2O2/c1-20-10-3-2-6-18(8-10)12(19)9-4-5-11(17-7-9)13(14,15)16/h4-5,7,10H,2-3,6,8H2,1H3. The molecule has 1 fully saturated rings. The first-order chi connectivity index (χ1) is 9.41. The van der Waals surface area contributed by atoms with Crippen molar-refractivity contribution in [3.05, 3.63) is 29.6 Å². The zero-order valence-electron chi connectivity index (χ0n) is 11.0. The zero-order chi connectivity index (χ0) is 14.8. The summed E-state index contributed by atoms with van der Waals surface area (Å²) in [5, 5.41) is 0. The number of halogens is 3. The summed E-state index contributed by atoms with van der Waals surface area (Å²) in [6, 6.07) is 1.99. The van der Waals surface area contributed by atoms with Crippen LogP contribution in [0, 0.1) is 0 Å². The van der Waals surface area contributed by atoms with Gasteiger partial charge in [0, 0.05) is 26.4 Å². The molecular formula is C13H15F3N2O2. The van der Waals surface area contributed by atoms with Crippen LogP contribution in [0.4, 0.5) is 13.2 Å². The molecule has 1 aromatic rings. The van der Waals surface area contributed by atoms with Crippen molar-refractivity contribution in [2.75, 3.05) is 20.2 Å². The van der Waals surface area contributed by atoms with E-state index in [1.54, 1.807) is 12.0 Å². The predicted molar refractivity (Wildman–Crippen MR) is 65.2 cm³/mol. The molecule has 2 heterocycles. The van der Waals surface area contributed by atoms with Crippen molar-refractivity contribution in [1.82, 2.24) is 9.88 Å². The van der Waals surface area contributed by atoms with Crippen LogP contribution >= 0.6 is 0 Å². The Kier molecular flexibility index (Phi) is 4.27. The normalized spacial score (nSPS) is 20.0. The fourth-order valence-corrected chi connectivity index (χ4v) is 2.19. The number of alkyl halides is 3. The molecule has 2 rings (SSSR count). The SMILES string of the molecule is COC1CCCN(C(=O)c2ccc(C(F)(F)F)nc2)C1. The van der Waals surface area contributed by atoms with Gasteiger partial charge >= 0.3 is 6.18 Å². The quantitative estimate of drug-likeness (QED) is 0.839. The first-order valence-corrected chi connectivity index (χ1v) is 6.27. The number of nitrogens with zero attached hydrogens (tertiary/aromatic N) is 2. The van der Waals surface area contributed by atoms with Crippen LogP contribution in [0.2, 0.25) is 0 Å². The molecular weight excluding hydrogens is 273 g/mol. The van der Waals surface area contributed by atoms with Crippen LogP contribution in [0.3, 0.4) is 0 Å². The van der Waals surface area contributed by atoms with Crippen molar-refractivity contribution in [3.63, 3.8) is 0 Å². The minimum atomic E-state index is -4.49. The Balaban J connectivity index is 2.09. The molecule has 1 atom stereocenters. The molecule has 0 aliphatic carbocycles. The Labute approximate surface area is 114 Å². The number of ether oxygens (including phenoxy) is 1. The van der Waals surface area contributed by atoms with Crippen molar-refractivity contribution in [2.24, 2.45) is 0 Å². The number of pyridine rings is 1. The second kappa shape index (κ2) is 5.78. The molecule has 1 aromatic heterocycles. The number of amides is 1. The maximum atomic E-state index is 12.4. The highest BCUT2D eigenvalue weighted by Crippen LogP contribution is 2.27. The molecule has 1 saturated heterocycles. The van der Waals surface area contributed by atoms with Gasteiger partial charge in [-0.15, -0.1) is 0 Å². The number of hydrogen-bond donors (Lipinski definition) is 0. The lowest BCUT2D eigenvalue weighted by Crippen LogP contribution is -2.42. The Morgan fingerprint density at radius 3 is 2.75 bits per heavy atom. The lowest BCUT2D eigenvalue weighted by molar-refractivity contribution is -0.141. The number of likely N-dealkylation sites (tertiary alicyclic amines) is 1. The number of aromatic nitrogens is 1. The van der Waals surface area contributed by atoms with E-state index in [1.807, 2.05) is 0 Å². The topological polar surface area (TPSA) is 42.4 Å². The minimum absolute atomic E-state index is 0.0184. The molecule has 0 aromatic carbocycles. The summed E-state index contributed by atoms with van der Waals surface area (Å²) in [6.45, 7) is 1.04. The third kappa shape index (κ3) is 3.27. The monoisotopic (exact) mass is 288 g/mol. The van der Waals surface area contributed by atoms with Crippen molar-refractivity contribution in [2.45, 2.75) is 25.1 Å². The number of carbonyl (C=O) groups excluding carboxylic acids is 1. The average molecular weight is 288 g/mol. The molecule has 0 bridgehead atoms. The van der Waals surface area contributed by atoms with Crippen LogP contribution in [0.1, 0.15) is 28.9 Å². The maximum Gasteiger partial charge on any atom is 0.433 e. The van der Waals surface area contributed by atoms with Gasteiger partial charge in [-0.05, 0) is 25.0 Å². The second-order valence-electron chi connectivity index (χ2n) is 4.68. The van der Waals surface area contributed by atoms with Gasteiger partial charge in [-0.2, -0.15) is 13.2 Å². The van der Waals surface area contributed by atoms with E-state index >= 15 is 0 Å². The summed E-state index contributed by atoms with van der Waals surface area (Å²) < 4.78 is 42.4. The minimum Gasteiger partial charge on any atom is -0.380 e. The lowest BCUT2D eigenvalue weighted by Gasteiger charge is -2.31. The van der Waals surface area contributed by atoms with Gasteiger partial charge in [-0.1, -0.05) is 0 Å². The van der Waals surface area contributed by atoms with Crippen LogP contribution < -0.4 is 0 Å². The van der Waals surface area contributed by atoms with Gasteiger partial charge in [0.1, 0.15) is 5.69 Å². The maximum absolute atomic E-state index is 12.4.